The van der Waals surface area contributed by atoms with Crippen molar-refractivity contribution in [2.24, 2.45) is 0 Å². The van der Waals surface area contributed by atoms with Gasteiger partial charge in [-0.15, -0.1) is 11.8 Å². The molecule has 6 nitrogen and oxygen atoms in total. The number of amides is 2. The number of nitrogens with zero attached hydrogens (tertiary/aromatic N) is 3. The number of carbonyl (C=O) groups is 2. The van der Waals surface area contributed by atoms with Crippen LogP contribution in [0.4, 0.5) is 5.69 Å². The van der Waals surface area contributed by atoms with Crippen molar-refractivity contribution in [3.8, 4) is 5.75 Å². The van der Waals surface area contributed by atoms with E-state index in [9.17, 15) is 9.59 Å². The third-order valence-corrected chi connectivity index (χ3v) is 10.5. The third-order valence-electron chi connectivity index (χ3n) is 9.11. The molecule has 3 fully saturated rings. The monoisotopic (exact) mass is 595 g/mol. The van der Waals surface area contributed by atoms with Crippen LogP contribution in [0.1, 0.15) is 58.3 Å². The van der Waals surface area contributed by atoms with E-state index >= 15 is 0 Å². The van der Waals surface area contributed by atoms with Crippen LogP contribution in [-0.2, 0) is 11.3 Å². The summed E-state index contributed by atoms with van der Waals surface area (Å²) in [6, 6.07) is 22.6. The van der Waals surface area contributed by atoms with Crippen molar-refractivity contribution in [2.45, 2.75) is 57.4 Å². The molecule has 0 radical (unpaired) electrons. The summed E-state index contributed by atoms with van der Waals surface area (Å²) in [5.74, 6) is 1.03. The molecule has 1 aliphatic carbocycles. The number of aryl methyl sites for hydroxylation is 2. The first-order valence-electron chi connectivity index (χ1n) is 15.4. The van der Waals surface area contributed by atoms with Gasteiger partial charge in [0.15, 0.2) is 0 Å². The van der Waals surface area contributed by atoms with E-state index < -0.39 is 0 Å². The predicted octanol–water partition coefficient (Wildman–Crippen LogP) is 6.70. The molecule has 1 saturated carbocycles. The number of hydrogen-bond donors (Lipinski definition) is 0. The fourth-order valence-electron chi connectivity index (χ4n) is 6.61. The molecule has 224 valence electrons. The summed E-state index contributed by atoms with van der Waals surface area (Å²) in [4.78, 5) is 34.4. The number of carbonyl (C=O) groups excluding carboxylic acids is 2. The van der Waals surface area contributed by atoms with Crippen LogP contribution >= 0.6 is 11.8 Å². The summed E-state index contributed by atoms with van der Waals surface area (Å²) in [5.41, 5.74) is 6.39. The fourth-order valence-corrected chi connectivity index (χ4v) is 8.09. The maximum absolute atomic E-state index is 13.9. The van der Waals surface area contributed by atoms with E-state index in [1.807, 2.05) is 53.4 Å². The third kappa shape index (κ3) is 6.32. The minimum absolute atomic E-state index is 0.0479. The lowest BCUT2D eigenvalue weighted by molar-refractivity contribution is -0.130. The lowest BCUT2D eigenvalue weighted by Gasteiger charge is -2.44. The molecule has 3 aromatic carbocycles. The molecular weight excluding hydrogens is 554 g/mol. The topological polar surface area (TPSA) is 53.1 Å². The quantitative estimate of drug-likeness (QED) is 0.297. The SMILES string of the molecule is COc1ccccc1N1CCN(C(=O)c2ccc(/C=C3\SC4CCCCC4N(Cc4cc(C)ccc4C)C3=O)cc2)CC1. The number of benzene rings is 3. The highest BCUT2D eigenvalue weighted by molar-refractivity contribution is 8.04. The van der Waals surface area contributed by atoms with Crippen molar-refractivity contribution >= 4 is 35.3 Å². The number of para-hydroxylation sites is 2. The zero-order valence-corrected chi connectivity index (χ0v) is 26.2. The molecule has 2 aliphatic heterocycles. The minimum Gasteiger partial charge on any atom is -0.495 e. The second-order valence-corrected chi connectivity index (χ2v) is 13.2. The summed E-state index contributed by atoms with van der Waals surface area (Å²) in [6.45, 7) is 7.74. The summed E-state index contributed by atoms with van der Waals surface area (Å²) in [5, 5.41) is 0.429. The Morgan fingerprint density at radius 3 is 2.47 bits per heavy atom. The van der Waals surface area contributed by atoms with Gasteiger partial charge in [-0.2, -0.15) is 0 Å². The van der Waals surface area contributed by atoms with Gasteiger partial charge < -0.3 is 19.4 Å². The Balaban J connectivity index is 1.14. The van der Waals surface area contributed by atoms with E-state index in [2.05, 4.69) is 47.9 Å². The normalized spacial score (nSPS) is 21.6. The summed E-state index contributed by atoms with van der Waals surface area (Å²) >= 11 is 1.76. The van der Waals surface area contributed by atoms with Crippen molar-refractivity contribution < 1.29 is 14.3 Å². The molecule has 2 atom stereocenters. The lowest BCUT2D eigenvalue weighted by Crippen LogP contribution is -2.50. The molecule has 0 bridgehead atoms. The van der Waals surface area contributed by atoms with Gasteiger partial charge >= 0.3 is 0 Å². The second kappa shape index (κ2) is 12.9. The molecule has 2 unspecified atom stereocenters. The Bertz CT molecular complexity index is 1510. The van der Waals surface area contributed by atoms with Crippen molar-refractivity contribution in [3.05, 3.63) is 99.5 Å². The lowest BCUT2D eigenvalue weighted by atomic mass is 9.92. The van der Waals surface area contributed by atoms with Gasteiger partial charge in [-0.25, -0.2) is 0 Å². The van der Waals surface area contributed by atoms with E-state index in [4.69, 9.17) is 4.74 Å². The van der Waals surface area contributed by atoms with Crippen LogP contribution in [0.15, 0.2) is 71.6 Å². The number of ether oxygens (including phenoxy) is 1. The van der Waals surface area contributed by atoms with Crippen LogP contribution in [0.5, 0.6) is 5.75 Å². The minimum atomic E-state index is 0.0479. The average molecular weight is 596 g/mol. The van der Waals surface area contributed by atoms with Crippen molar-refractivity contribution in [2.75, 3.05) is 38.2 Å². The fraction of sp³-hybridized carbons (Fsp3) is 0.389. The molecule has 2 saturated heterocycles. The number of thioether (sulfide) groups is 1. The number of methoxy groups -OCH3 is 1. The average Bonchev–Trinajstić information content (AvgIpc) is 3.04. The summed E-state index contributed by atoms with van der Waals surface area (Å²) < 4.78 is 5.53. The number of rotatable bonds is 6. The summed E-state index contributed by atoms with van der Waals surface area (Å²) in [6.07, 6.45) is 6.64. The molecule has 0 spiro atoms. The van der Waals surface area contributed by atoms with Gasteiger partial charge in [-0.3, -0.25) is 9.59 Å². The highest BCUT2D eigenvalue weighted by atomic mass is 32.2. The Labute approximate surface area is 259 Å². The first kappa shape index (κ1) is 29.4. The molecule has 7 heteroatoms. The highest BCUT2D eigenvalue weighted by Crippen LogP contribution is 2.43. The molecule has 6 rings (SSSR count). The van der Waals surface area contributed by atoms with E-state index in [-0.39, 0.29) is 17.9 Å². The van der Waals surface area contributed by atoms with Crippen molar-refractivity contribution in [3.63, 3.8) is 0 Å². The first-order valence-corrected chi connectivity index (χ1v) is 16.3. The van der Waals surface area contributed by atoms with Gasteiger partial charge in [0.25, 0.3) is 11.8 Å². The van der Waals surface area contributed by atoms with Gasteiger partial charge in [0.1, 0.15) is 5.75 Å². The van der Waals surface area contributed by atoms with E-state index in [0.717, 1.165) is 47.8 Å². The van der Waals surface area contributed by atoms with Gasteiger partial charge in [-0.1, -0.05) is 60.9 Å². The van der Waals surface area contributed by atoms with Crippen molar-refractivity contribution in [1.29, 1.82) is 0 Å². The predicted molar refractivity (Wildman–Crippen MR) is 176 cm³/mol. The zero-order chi connectivity index (χ0) is 29.9. The smallest absolute Gasteiger partial charge is 0.260 e. The molecule has 0 N–H and O–H groups in total. The molecule has 43 heavy (non-hydrogen) atoms. The first-order chi connectivity index (χ1) is 20.9. The largest absolute Gasteiger partial charge is 0.495 e. The standard InChI is InChI=1S/C36H41N3O3S/c1-25-12-13-26(2)29(22-25)24-39-31-9-5-7-11-33(31)43-34(36(39)41)23-27-14-16-28(17-15-27)35(40)38-20-18-37(19-21-38)30-8-4-6-10-32(30)42-3/h4,6,8,10,12-17,22-23,31,33H,5,7,9,11,18-21,24H2,1-3H3/b34-23-. The van der Waals surface area contributed by atoms with Crippen LogP contribution in [-0.4, -0.2) is 66.2 Å². The molecule has 2 amide bonds. The van der Waals surface area contributed by atoms with Gasteiger partial charge in [0.05, 0.1) is 17.7 Å². The Hall–Kier alpha value is -3.71. The van der Waals surface area contributed by atoms with Gasteiger partial charge in [0, 0.05) is 49.6 Å². The summed E-state index contributed by atoms with van der Waals surface area (Å²) in [7, 11) is 1.69. The molecule has 3 aliphatic rings. The number of anilines is 1. The maximum Gasteiger partial charge on any atom is 0.260 e. The van der Waals surface area contributed by atoms with Crippen LogP contribution in [0.2, 0.25) is 0 Å². The Morgan fingerprint density at radius 2 is 1.70 bits per heavy atom. The molecule has 0 aromatic heterocycles. The number of hydrogen-bond acceptors (Lipinski definition) is 5. The highest BCUT2D eigenvalue weighted by Gasteiger charge is 2.40. The van der Waals surface area contributed by atoms with E-state index in [0.29, 0.717) is 30.4 Å². The maximum atomic E-state index is 13.9. The van der Waals surface area contributed by atoms with E-state index in [1.54, 1.807) is 18.9 Å². The van der Waals surface area contributed by atoms with Gasteiger partial charge in [0.2, 0.25) is 0 Å². The van der Waals surface area contributed by atoms with Gasteiger partial charge in [-0.05, 0) is 73.7 Å². The Morgan fingerprint density at radius 1 is 0.953 bits per heavy atom. The number of piperazine rings is 1. The second-order valence-electron chi connectivity index (χ2n) is 12.0. The van der Waals surface area contributed by atoms with Crippen molar-refractivity contribution in [1.82, 2.24) is 9.80 Å². The molecule has 2 heterocycles. The Kier molecular flexibility index (Phi) is 8.80. The van der Waals surface area contributed by atoms with Crippen LogP contribution in [0.3, 0.4) is 0 Å². The van der Waals surface area contributed by atoms with E-state index in [1.165, 1.54) is 29.5 Å². The van der Waals surface area contributed by atoms with Crippen LogP contribution in [0.25, 0.3) is 6.08 Å². The van der Waals surface area contributed by atoms with Crippen LogP contribution < -0.4 is 9.64 Å². The number of fused-ring (bicyclic) bond motifs is 1. The zero-order valence-electron chi connectivity index (χ0n) is 25.4. The van der Waals surface area contributed by atoms with Crippen LogP contribution in [0, 0.1) is 13.8 Å². The molecule has 3 aromatic rings. The molecular formula is C36H41N3O3S.